The van der Waals surface area contributed by atoms with E-state index in [4.69, 9.17) is 4.42 Å². The first-order valence-electron chi connectivity index (χ1n) is 5.03. The largest absolute Gasteiger partial charge is 0.447 e. The van der Waals surface area contributed by atoms with Gasteiger partial charge in [-0.05, 0) is 5.92 Å². The molecule has 1 aromatic rings. The lowest BCUT2D eigenvalue weighted by molar-refractivity contribution is -0.120. The molecule has 5 heteroatoms. The van der Waals surface area contributed by atoms with E-state index < -0.39 is 0 Å². The van der Waals surface area contributed by atoms with Crippen LogP contribution in [0.25, 0.3) is 0 Å². The molecule has 0 fully saturated rings. The Bertz CT molecular complexity index is 283. The van der Waals surface area contributed by atoms with Crippen LogP contribution in [0.3, 0.4) is 0 Å². The zero-order valence-corrected chi connectivity index (χ0v) is 9.12. The van der Waals surface area contributed by atoms with E-state index in [-0.39, 0.29) is 5.91 Å². The van der Waals surface area contributed by atoms with Crippen molar-refractivity contribution < 1.29 is 9.21 Å². The molecule has 84 valence electrons. The number of hydrogen-bond donors (Lipinski definition) is 2. The van der Waals surface area contributed by atoms with E-state index >= 15 is 0 Å². The highest BCUT2D eigenvalue weighted by atomic mass is 16.3. The topological polar surface area (TPSA) is 67.2 Å². The third kappa shape index (κ3) is 5.17. The smallest absolute Gasteiger partial charge is 0.233 e. The first kappa shape index (κ1) is 11.7. The molecule has 0 aromatic carbocycles. The van der Waals surface area contributed by atoms with E-state index in [1.807, 2.05) is 0 Å². The van der Waals surface area contributed by atoms with Crippen LogP contribution in [0.15, 0.2) is 17.0 Å². The fourth-order valence-corrected chi connectivity index (χ4v) is 1.01. The molecular weight excluding hydrogens is 194 g/mol. The van der Waals surface area contributed by atoms with Crippen LogP contribution in [0.2, 0.25) is 0 Å². The summed E-state index contributed by atoms with van der Waals surface area (Å²) in [4.78, 5) is 15.0. The molecule has 2 N–H and O–H groups in total. The molecule has 0 saturated carbocycles. The maximum absolute atomic E-state index is 11.3. The quantitative estimate of drug-likeness (QED) is 0.720. The van der Waals surface area contributed by atoms with Crippen molar-refractivity contribution in [2.24, 2.45) is 5.92 Å². The van der Waals surface area contributed by atoms with Crippen LogP contribution in [0, 0.1) is 5.92 Å². The minimum Gasteiger partial charge on any atom is -0.447 e. The number of carbonyl (C=O) groups excluding carboxylic acids is 1. The Morgan fingerprint density at radius 2 is 2.40 bits per heavy atom. The molecule has 0 saturated heterocycles. The second kappa shape index (κ2) is 6.19. The van der Waals surface area contributed by atoms with Gasteiger partial charge in [0.1, 0.15) is 5.76 Å². The van der Waals surface area contributed by atoms with Crippen LogP contribution in [-0.4, -0.2) is 24.0 Å². The fourth-order valence-electron chi connectivity index (χ4n) is 1.01. The SMILES string of the molecule is CC(C)CNC(=O)CNCc1cnco1. The summed E-state index contributed by atoms with van der Waals surface area (Å²) in [6, 6.07) is 0. The molecule has 0 atom stereocenters. The fraction of sp³-hybridized carbons (Fsp3) is 0.600. The third-order valence-electron chi connectivity index (χ3n) is 1.78. The van der Waals surface area contributed by atoms with Gasteiger partial charge in [-0.1, -0.05) is 13.8 Å². The van der Waals surface area contributed by atoms with Crippen LogP contribution in [0.5, 0.6) is 0 Å². The van der Waals surface area contributed by atoms with Gasteiger partial charge in [0, 0.05) is 6.54 Å². The van der Waals surface area contributed by atoms with Crippen LogP contribution < -0.4 is 10.6 Å². The molecule has 0 radical (unpaired) electrons. The highest BCUT2D eigenvalue weighted by Crippen LogP contribution is 1.94. The van der Waals surface area contributed by atoms with Gasteiger partial charge in [0.25, 0.3) is 0 Å². The summed E-state index contributed by atoms with van der Waals surface area (Å²) in [5, 5.41) is 5.78. The van der Waals surface area contributed by atoms with Crippen molar-refractivity contribution in [2.45, 2.75) is 20.4 Å². The molecule has 0 unspecified atom stereocenters. The number of hydrogen-bond acceptors (Lipinski definition) is 4. The number of nitrogens with one attached hydrogen (secondary N) is 2. The second-order valence-corrected chi connectivity index (χ2v) is 3.77. The number of carbonyl (C=O) groups is 1. The molecule has 0 spiro atoms. The van der Waals surface area contributed by atoms with Gasteiger partial charge in [-0.2, -0.15) is 0 Å². The van der Waals surface area contributed by atoms with Gasteiger partial charge >= 0.3 is 0 Å². The molecule has 1 amide bonds. The summed E-state index contributed by atoms with van der Waals surface area (Å²) < 4.78 is 5.01. The zero-order chi connectivity index (χ0) is 11.1. The van der Waals surface area contributed by atoms with E-state index in [0.29, 0.717) is 25.6 Å². The molecule has 0 aliphatic rings. The van der Waals surface area contributed by atoms with Gasteiger partial charge in [-0.3, -0.25) is 4.79 Å². The van der Waals surface area contributed by atoms with E-state index in [9.17, 15) is 4.79 Å². The van der Waals surface area contributed by atoms with E-state index in [1.54, 1.807) is 6.20 Å². The Balaban J connectivity index is 2.07. The van der Waals surface area contributed by atoms with E-state index in [1.165, 1.54) is 6.39 Å². The van der Waals surface area contributed by atoms with E-state index in [0.717, 1.165) is 5.76 Å². The molecular formula is C10H17N3O2. The number of nitrogens with zero attached hydrogens (tertiary/aromatic N) is 1. The van der Waals surface area contributed by atoms with Crippen molar-refractivity contribution in [1.29, 1.82) is 0 Å². The summed E-state index contributed by atoms with van der Waals surface area (Å²) in [6.07, 6.45) is 2.99. The standard InChI is InChI=1S/C10H17N3O2/c1-8(2)3-13-10(14)6-11-4-9-5-12-7-15-9/h5,7-8,11H,3-4,6H2,1-2H3,(H,13,14). The molecule has 0 aliphatic carbocycles. The molecule has 1 rings (SSSR count). The molecule has 15 heavy (non-hydrogen) atoms. The molecule has 5 nitrogen and oxygen atoms in total. The van der Waals surface area contributed by atoms with Crippen molar-refractivity contribution in [3.05, 3.63) is 18.4 Å². The molecule has 1 heterocycles. The third-order valence-corrected chi connectivity index (χ3v) is 1.78. The van der Waals surface area contributed by atoms with Gasteiger partial charge < -0.3 is 15.1 Å². The van der Waals surface area contributed by atoms with Gasteiger partial charge in [0.05, 0.1) is 19.3 Å². The Labute approximate surface area is 89.3 Å². The first-order valence-corrected chi connectivity index (χ1v) is 5.03. The van der Waals surface area contributed by atoms with Crippen LogP contribution >= 0.6 is 0 Å². The van der Waals surface area contributed by atoms with Gasteiger partial charge in [0.15, 0.2) is 6.39 Å². The van der Waals surface area contributed by atoms with Crippen molar-refractivity contribution in [3.8, 4) is 0 Å². The lowest BCUT2D eigenvalue weighted by Crippen LogP contribution is -2.35. The lowest BCUT2D eigenvalue weighted by atomic mass is 10.2. The summed E-state index contributed by atoms with van der Waals surface area (Å²) in [5.74, 6) is 1.21. The normalized spacial score (nSPS) is 10.6. The maximum atomic E-state index is 11.3. The zero-order valence-electron chi connectivity index (χ0n) is 9.12. The average molecular weight is 211 g/mol. The van der Waals surface area contributed by atoms with Crippen molar-refractivity contribution in [2.75, 3.05) is 13.1 Å². The Kier molecular flexibility index (Phi) is 4.83. The molecule has 0 bridgehead atoms. The summed E-state index contributed by atoms with van der Waals surface area (Å²) in [5.41, 5.74) is 0. The monoisotopic (exact) mass is 211 g/mol. The summed E-state index contributed by atoms with van der Waals surface area (Å²) in [7, 11) is 0. The first-order chi connectivity index (χ1) is 7.18. The molecule has 1 aromatic heterocycles. The number of rotatable bonds is 6. The minimum atomic E-state index is 0.00298. The Morgan fingerprint density at radius 3 is 3.00 bits per heavy atom. The van der Waals surface area contributed by atoms with Crippen LogP contribution in [0.4, 0.5) is 0 Å². The second-order valence-electron chi connectivity index (χ2n) is 3.77. The number of amides is 1. The predicted molar refractivity (Wildman–Crippen MR) is 56.1 cm³/mol. The lowest BCUT2D eigenvalue weighted by Gasteiger charge is -2.07. The van der Waals surface area contributed by atoms with Gasteiger partial charge in [-0.25, -0.2) is 4.98 Å². The highest BCUT2D eigenvalue weighted by Gasteiger charge is 2.02. The Hall–Kier alpha value is -1.36. The van der Waals surface area contributed by atoms with Crippen LogP contribution in [0.1, 0.15) is 19.6 Å². The maximum Gasteiger partial charge on any atom is 0.233 e. The van der Waals surface area contributed by atoms with Crippen molar-refractivity contribution >= 4 is 5.91 Å². The van der Waals surface area contributed by atoms with Gasteiger partial charge in [0.2, 0.25) is 5.91 Å². The van der Waals surface area contributed by atoms with Gasteiger partial charge in [-0.15, -0.1) is 0 Å². The summed E-state index contributed by atoms with van der Waals surface area (Å²) in [6.45, 7) is 5.65. The Morgan fingerprint density at radius 1 is 1.60 bits per heavy atom. The average Bonchev–Trinajstić information content (AvgIpc) is 2.67. The predicted octanol–water partition coefficient (Wildman–Crippen LogP) is 0.536. The minimum absolute atomic E-state index is 0.00298. The number of aromatic nitrogens is 1. The van der Waals surface area contributed by atoms with Crippen molar-refractivity contribution in [3.63, 3.8) is 0 Å². The summed E-state index contributed by atoms with van der Waals surface area (Å²) >= 11 is 0. The van der Waals surface area contributed by atoms with E-state index in [2.05, 4.69) is 29.5 Å². The molecule has 0 aliphatic heterocycles. The van der Waals surface area contributed by atoms with Crippen LogP contribution in [-0.2, 0) is 11.3 Å². The highest BCUT2D eigenvalue weighted by molar-refractivity contribution is 5.77. The van der Waals surface area contributed by atoms with Crippen molar-refractivity contribution in [1.82, 2.24) is 15.6 Å². The number of oxazole rings is 1.